The van der Waals surface area contributed by atoms with Crippen LogP contribution in [0.2, 0.25) is 0 Å². The third kappa shape index (κ3) is 4.60. The predicted octanol–water partition coefficient (Wildman–Crippen LogP) is 4.61. The lowest BCUT2D eigenvalue weighted by atomic mass is 10.0. The maximum Gasteiger partial charge on any atom is 0.261 e. The van der Waals surface area contributed by atoms with Crippen LogP contribution in [0.3, 0.4) is 0 Å². The number of halogens is 1. The summed E-state index contributed by atoms with van der Waals surface area (Å²) >= 11 is 0. The summed E-state index contributed by atoms with van der Waals surface area (Å²) in [5, 5.41) is 0. The number of ether oxygens (including phenoxy) is 1. The summed E-state index contributed by atoms with van der Waals surface area (Å²) in [5.74, 6) is 0.154. The zero-order valence-electron chi connectivity index (χ0n) is 17.5. The van der Waals surface area contributed by atoms with Gasteiger partial charge in [0.25, 0.3) is 15.9 Å². The molecule has 1 aliphatic heterocycles. The maximum absolute atomic E-state index is 13.1. The molecule has 1 atom stereocenters. The molecule has 0 bridgehead atoms. The zero-order chi connectivity index (χ0) is 22.7. The van der Waals surface area contributed by atoms with E-state index >= 15 is 0 Å². The number of carbonyl (C=O) groups is 1. The minimum Gasteiger partial charge on any atom is -0.497 e. The van der Waals surface area contributed by atoms with Crippen LogP contribution in [0.25, 0.3) is 0 Å². The van der Waals surface area contributed by atoms with Gasteiger partial charge < -0.3 is 9.64 Å². The lowest BCUT2D eigenvalue weighted by Gasteiger charge is -2.25. The van der Waals surface area contributed by atoms with Gasteiger partial charge in [0.2, 0.25) is 0 Å². The van der Waals surface area contributed by atoms with Crippen molar-refractivity contribution < 1.29 is 22.3 Å². The van der Waals surface area contributed by atoms with Crippen LogP contribution in [0.5, 0.6) is 5.75 Å². The molecule has 32 heavy (non-hydrogen) atoms. The Hall–Kier alpha value is -3.39. The third-order valence-electron chi connectivity index (χ3n) is 5.52. The molecule has 0 spiro atoms. The number of amides is 1. The second-order valence-electron chi connectivity index (χ2n) is 7.57. The summed E-state index contributed by atoms with van der Waals surface area (Å²) in [6.07, 6.45) is 1.80. The lowest BCUT2D eigenvalue weighted by molar-refractivity contribution is 0.0735. The molecule has 1 fully saturated rings. The molecule has 6 nitrogen and oxygen atoms in total. The van der Waals surface area contributed by atoms with E-state index in [1.165, 1.54) is 12.1 Å². The van der Waals surface area contributed by atoms with E-state index in [0.717, 1.165) is 36.3 Å². The number of anilines is 1. The van der Waals surface area contributed by atoms with Crippen molar-refractivity contribution in [1.82, 2.24) is 4.90 Å². The lowest BCUT2D eigenvalue weighted by Crippen LogP contribution is -2.30. The molecule has 0 aliphatic carbocycles. The average Bonchev–Trinajstić information content (AvgIpc) is 3.29. The van der Waals surface area contributed by atoms with Gasteiger partial charge in [-0.25, -0.2) is 12.8 Å². The van der Waals surface area contributed by atoms with E-state index in [-0.39, 0.29) is 16.8 Å². The summed E-state index contributed by atoms with van der Waals surface area (Å²) in [7, 11) is -2.24. The number of sulfonamides is 1. The van der Waals surface area contributed by atoms with Gasteiger partial charge in [0.15, 0.2) is 0 Å². The van der Waals surface area contributed by atoms with Crippen molar-refractivity contribution in [3.05, 3.63) is 89.7 Å². The van der Waals surface area contributed by atoms with Crippen molar-refractivity contribution in [2.45, 2.75) is 23.8 Å². The Bertz CT molecular complexity index is 1190. The van der Waals surface area contributed by atoms with E-state index in [0.29, 0.717) is 17.8 Å². The maximum atomic E-state index is 13.1. The molecule has 8 heteroatoms. The van der Waals surface area contributed by atoms with Crippen molar-refractivity contribution in [3.63, 3.8) is 0 Å². The second-order valence-corrected chi connectivity index (χ2v) is 9.25. The first-order valence-electron chi connectivity index (χ1n) is 10.2. The molecule has 3 aromatic rings. The standard InChI is InChI=1S/C24H23FN2O4S/c1-31-21-12-6-17(7-13-21)23-3-2-16-27(23)24(28)18-4-10-20(11-5-18)26-32(29,30)22-14-8-19(25)9-15-22/h4-15,23,26H,2-3,16H2,1H3. The quantitative estimate of drug-likeness (QED) is 0.590. The number of carbonyl (C=O) groups excluding carboxylic acids is 1. The number of likely N-dealkylation sites (tertiary alicyclic amines) is 1. The van der Waals surface area contributed by atoms with Crippen molar-refractivity contribution >= 4 is 21.6 Å². The first-order valence-corrected chi connectivity index (χ1v) is 11.7. The van der Waals surface area contributed by atoms with E-state index < -0.39 is 15.8 Å². The van der Waals surface area contributed by atoms with Gasteiger partial charge in [0.05, 0.1) is 18.0 Å². The Morgan fingerprint density at radius 2 is 1.66 bits per heavy atom. The fourth-order valence-electron chi connectivity index (χ4n) is 3.86. The average molecular weight is 455 g/mol. The molecular formula is C24H23FN2O4S. The van der Waals surface area contributed by atoms with Gasteiger partial charge in [-0.15, -0.1) is 0 Å². The summed E-state index contributed by atoms with van der Waals surface area (Å²) in [6, 6.07) is 18.6. The van der Waals surface area contributed by atoms with Crippen LogP contribution in [-0.2, 0) is 10.0 Å². The molecular weight excluding hydrogens is 431 g/mol. The van der Waals surface area contributed by atoms with Gasteiger partial charge >= 0.3 is 0 Å². The predicted molar refractivity (Wildman–Crippen MR) is 120 cm³/mol. The molecule has 1 heterocycles. The Balaban J connectivity index is 1.48. The molecule has 4 rings (SSSR count). The molecule has 1 amide bonds. The number of hydrogen-bond acceptors (Lipinski definition) is 4. The van der Waals surface area contributed by atoms with E-state index in [4.69, 9.17) is 4.74 Å². The molecule has 0 radical (unpaired) electrons. The van der Waals surface area contributed by atoms with Gasteiger partial charge in [-0.1, -0.05) is 12.1 Å². The van der Waals surface area contributed by atoms with E-state index in [9.17, 15) is 17.6 Å². The number of benzene rings is 3. The van der Waals surface area contributed by atoms with Crippen LogP contribution in [0.1, 0.15) is 34.8 Å². The second kappa shape index (κ2) is 9.00. The number of nitrogens with zero attached hydrogens (tertiary/aromatic N) is 1. The highest BCUT2D eigenvalue weighted by atomic mass is 32.2. The first-order chi connectivity index (χ1) is 15.4. The molecule has 0 saturated carbocycles. The topological polar surface area (TPSA) is 75.7 Å². The van der Waals surface area contributed by atoms with Gasteiger partial charge in [-0.3, -0.25) is 9.52 Å². The highest BCUT2D eigenvalue weighted by Crippen LogP contribution is 2.34. The van der Waals surface area contributed by atoms with Crippen LogP contribution >= 0.6 is 0 Å². The van der Waals surface area contributed by atoms with Crippen molar-refractivity contribution in [2.24, 2.45) is 0 Å². The Morgan fingerprint density at radius 1 is 1.00 bits per heavy atom. The normalized spacial score (nSPS) is 16.1. The molecule has 3 aromatic carbocycles. The van der Waals surface area contributed by atoms with Gasteiger partial charge in [-0.2, -0.15) is 0 Å². The number of nitrogens with one attached hydrogen (secondary N) is 1. The molecule has 1 saturated heterocycles. The van der Waals surface area contributed by atoms with Crippen LogP contribution in [0.4, 0.5) is 10.1 Å². The van der Waals surface area contributed by atoms with Crippen molar-refractivity contribution in [3.8, 4) is 5.75 Å². The largest absolute Gasteiger partial charge is 0.497 e. The summed E-state index contributed by atoms with van der Waals surface area (Å²) in [4.78, 5) is 14.9. The van der Waals surface area contributed by atoms with Gasteiger partial charge in [0.1, 0.15) is 11.6 Å². The highest BCUT2D eigenvalue weighted by molar-refractivity contribution is 7.92. The first kappa shape index (κ1) is 21.8. The number of hydrogen-bond donors (Lipinski definition) is 1. The molecule has 166 valence electrons. The number of methoxy groups -OCH3 is 1. The van der Waals surface area contributed by atoms with Crippen LogP contribution < -0.4 is 9.46 Å². The Kier molecular flexibility index (Phi) is 6.14. The fraction of sp³-hybridized carbons (Fsp3) is 0.208. The van der Waals surface area contributed by atoms with Crippen LogP contribution in [-0.4, -0.2) is 32.9 Å². The smallest absolute Gasteiger partial charge is 0.261 e. The van der Waals surface area contributed by atoms with Gasteiger partial charge in [-0.05, 0) is 79.1 Å². The highest BCUT2D eigenvalue weighted by Gasteiger charge is 2.30. The number of rotatable bonds is 6. The van der Waals surface area contributed by atoms with E-state index in [2.05, 4.69) is 4.72 Å². The zero-order valence-corrected chi connectivity index (χ0v) is 18.3. The van der Waals surface area contributed by atoms with Crippen LogP contribution in [0.15, 0.2) is 77.7 Å². The summed E-state index contributed by atoms with van der Waals surface area (Å²) < 4.78 is 45.7. The molecule has 1 unspecified atom stereocenters. The summed E-state index contributed by atoms with van der Waals surface area (Å²) in [5.41, 5.74) is 1.86. The molecule has 1 aliphatic rings. The molecule has 1 N–H and O–H groups in total. The summed E-state index contributed by atoms with van der Waals surface area (Å²) in [6.45, 7) is 0.661. The van der Waals surface area contributed by atoms with Crippen LogP contribution in [0, 0.1) is 5.82 Å². The monoisotopic (exact) mass is 454 g/mol. The SMILES string of the molecule is COc1ccc(C2CCCN2C(=O)c2ccc(NS(=O)(=O)c3ccc(F)cc3)cc2)cc1. The van der Waals surface area contributed by atoms with Crippen molar-refractivity contribution in [2.75, 3.05) is 18.4 Å². The third-order valence-corrected chi connectivity index (χ3v) is 6.92. The fourth-order valence-corrected chi connectivity index (χ4v) is 4.92. The Labute approximate surface area is 186 Å². The van der Waals surface area contributed by atoms with E-state index in [1.807, 2.05) is 29.2 Å². The van der Waals surface area contributed by atoms with E-state index in [1.54, 1.807) is 31.4 Å². The minimum atomic E-state index is -3.85. The minimum absolute atomic E-state index is 0.00920. The Morgan fingerprint density at radius 3 is 2.28 bits per heavy atom. The molecule has 0 aromatic heterocycles. The van der Waals surface area contributed by atoms with Crippen molar-refractivity contribution in [1.29, 1.82) is 0 Å². The van der Waals surface area contributed by atoms with Gasteiger partial charge in [0, 0.05) is 17.8 Å².